The second-order valence-electron chi connectivity index (χ2n) is 3.67. The average Bonchev–Trinajstić information content (AvgIpc) is 2.20. The summed E-state index contributed by atoms with van der Waals surface area (Å²) >= 11 is 0. The summed E-state index contributed by atoms with van der Waals surface area (Å²) in [7, 11) is 5.57. The molecule has 0 bridgehead atoms. The van der Waals surface area contributed by atoms with Crippen LogP contribution in [0.3, 0.4) is 0 Å². The van der Waals surface area contributed by atoms with Crippen LogP contribution >= 0.6 is 0 Å². The molecule has 2 nitrogen and oxygen atoms in total. The highest BCUT2D eigenvalue weighted by Crippen LogP contribution is 2.45. The molecule has 0 saturated carbocycles. The normalized spacial score (nSPS) is 40.4. The molecule has 10 heavy (non-hydrogen) atoms. The van der Waals surface area contributed by atoms with Crippen LogP contribution < -0.4 is 0 Å². The van der Waals surface area contributed by atoms with E-state index in [1.807, 2.05) is 6.20 Å². The molecule has 2 radical (unpaired) electrons. The first-order chi connectivity index (χ1) is 4.56. The Kier molecular flexibility index (Phi) is 0.846. The maximum absolute atomic E-state index is 5.57. The van der Waals surface area contributed by atoms with Crippen molar-refractivity contribution >= 4 is 14.1 Å². The Morgan fingerprint density at radius 3 is 2.50 bits per heavy atom. The number of hydrogen-bond acceptors (Lipinski definition) is 1. The Morgan fingerprint density at radius 1 is 1.70 bits per heavy atom. The molecule has 50 valence electrons. The fourth-order valence-corrected chi connectivity index (χ4v) is 1.46. The maximum atomic E-state index is 5.57. The van der Waals surface area contributed by atoms with E-state index in [1.165, 1.54) is 0 Å². The minimum Gasteiger partial charge on any atom is -0.157 e. The molecule has 0 aromatic rings. The zero-order chi connectivity index (χ0) is 7.41. The molecule has 0 amide bonds. The molecule has 0 aliphatic carbocycles. The Morgan fingerprint density at radius 2 is 2.30 bits per heavy atom. The summed E-state index contributed by atoms with van der Waals surface area (Å²) in [5, 5.41) is 4.31. The summed E-state index contributed by atoms with van der Waals surface area (Å²) in [5.41, 5.74) is 1.09. The van der Waals surface area contributed by atoms with Crippen LogP contribution in [-0.4, -0.2) is 30.7 Å². The molecular weight excluding hydrogens is 123 g/mol. The standard InChI is InChI=1S/C7H10BN2/c1-7(2)5-10(7)4-6(8)3-9-10/h3-4H,5H2,1-2H3/q+1. The fourth-order valence-electron chi connectivity index (χ4n) is 1.46. The second-order valence-corrected chi connectivity index (χ2v) is 3.67. The van der Waals surface area contributed by atoms with Gasteiger partial charge in [-0.05, 0) is 19.3 Å². The molecule has 0 aromatic heterocycles. The van der Waals surface area contributed by atoms with Crippen molar-refractivity contribution in [3.05, 3.63) is 11.7 Å². The van der Waals surface area contributed by atoms with Gasteiger partial charge in [0.05, 0.1) is 6.21 Å². The zero-order valence-electron chi connectivity index (χ0n) is 6.33. The van der Waals surface area contributed by atoms with Gasteiger partial charge in [-0.3, -0.25) is 0 Å². The van der Waals surface area contributed by atoms with Crippen LogP contribution in [0.25, 0.3) is 0 Å². The molecule has 0 N–H and O–H groups in total. The molecule has 2 aliphatic rings. The quantitative estimate of drug-likeness (QED) is 0.260. The number of hydrogen-bond donors (Lipinski definition) is 0. The van der Waals surface area contributed by atoms with E-state index in [2.05, 4.69) is 18.9 Å². The molecule has 1 unspecified atom stereocenters. The number of nitrogens with zero attached hydrogens (tertiary/aromatic N) is 2. The lowest BCUT2D eigenvalue weighted by atomic mass is 9.99. The smallest absolute Gasteiger partial charge is 0.157 e. The van der Waals surface area contributed by atoms with E-state index < -0.39 is 0 Å². The number of quaternary nitrogens is 1. The third kappa shape index (κ3) is 0.561. The van der Waals surface area contributed by atoms with Gasteiger partial charge in [0, 0.05) is 0 Å². The van der Waals surface area contributed by atoms with Gasteiger partial charge in [-0.25, -0.2) is 0 Å². The molecule has 2 heterocycles. The molecule has 1 fully saturated rings. The van der Waals surface area contributed by atoms with Crippen LogP contribution in [0.4, 0.5) is 0 Å². The SMILES string of the molecule is [B]C1=C[N+]2(CC2(C)C)N=C1. The highest BCUT2D eigenvalue weighted by atomic mass is 15.7. The summed E-state index contributed by atoms with van der Waals surface area (Å²) < 4.78 is 0.721. The number of allylic oxidation sites excluding steroid dienone is 1. The van der Waals surface area contributed by atoms with E-state index in [4.69, 9.17) is 7.85 Å². The average molecular weight is 133 g/mol. The first kappa shape index (κ1) is 6.16. The Hall–Kier alpha value is -0.565. The predicted molar refractivity (Wildman–Crippen MR) is 41.5 cm³/mol. The van der Waals surface area contributed by atoms with Gasteiger partial charge in [-0.1, -0.05) is 5.10 Å². The summed E-state index contributed by atoms with van der Waals surface area (Å²) in [6, 6.07) is 0. The van der Waals surface area contributed by atoms with Crippen molar-refractivity contribution in [3.63, 3.8) is 0 Å². The van der Waals surface area contributed by atoms with Gasteiger partial charge < -0.3 is 0 Å². The Balaban J connectivity index is 2.33. The van der Waals surface area contributed by atoms with Crippen molar-refractivity contribution in [3.8, 4) is 0 Å². The van der Waals surface area contributed by atoms with Gasteiger partial charge in [0.15, 0.2) is 12.1 Å². The van der Waals surface area contributed by atoms with Crippen molar-refractivity contribution in [2.24, 2.45) is 5.10 Å². The van der Waals surface area contributed by atoms with E-state index in [0.717, 1.165) is 16.6 Å². The monoisotopic (exact) mass is 133 g/mol. The minimum atomic E-state index is 0.289. The van der Waals surface area contributed by atoms with Crippen molar-refractivity contribution in [2.75, 3.05) is 6.54 Å². The van der Waals surface area contributed by atoms with E-state index >= 15 is 0 Å². The van der Waals surface area contributed by atoms with Crippen molar-refractivity contribution in [1.29, 1.82) is 0 Å². The van der Waals surface area contributed by atoms with Gasteiger partial charge in [-0.15, -0.1) is 0 Å². The molecule has 2 aliphatic heterocycles. The summed E-state index contributed by atoms with van der Waals surface area (Å²) in [6.45, 7) is 5.48. The lowest BCUT2D eigenvalue weighted by Crippen LogP contribution is -2.17. The van der Waals surface area contributed by atoms with Gasteiger partial charge >= 0.3 is 0 Å². The zero-order valence-corrected chi connectivity index (χ0v) is 6.33. The largest absolute Gasteiger partial charge is 0.174 e. The van der Waals surface area contributed by atoms with Crippen LogP contribution in [0.5, 0.6) is 0 Å². The van der Waals surface area contributed by atoms with E-state index in [1.54, 1.807) is 6.21 Å². The highest BCUT2D eigenvalue weighted by Gasteiger charge is 2.64. The van der Waals surface area contributed by atoms with Crippen molar-refractivity contribution in [2.45, 2.75) is 19.4 Å². The molecule has 3 heteroatoms. The van der Waals surface area contributed by atoms with Crippen LogP contribution in [0, 0.1) is 0 Å². The molecule has 0 aromatic carbocycles. The van der Waals surface area contributed by atoms with Gasteiger partial charge in [-0.2, -0.15) is 4.59 Å². The van der Waals surface area contributed by atoms with Gasteiger partial charge in [0.1, 0.15) is 14.0 Å². The summed E-state index contributed by atoms with van der Waals surface area (Å²) in [6.07, 6.45) is 3.76. The Labute approximate surface area is 62.2 Å². The van der Waals surface area contributed by atoms with Crippen LogP contribution in [0.15, 0.2) is 16.8 Å². The van der Waals surface area contributed by atoms with Gasteiger partial charge in [0.25, 0.3) is 0 Å². The van der Waals surface area contributed by atoms with E-state index in [-0.39, 0.29) is 5.54 Å². The van der Waals surface area contributed by atoms with E-state index in [9.17, 15) is 0 Å². The molecule has 1 saturated heterocycles. The third-order valence-corrected chi connectivity index (χ3v) is 2.35. The number of rotatable bonds is 0. The van der Waals surface area contributed by atoms with Crippen LogP contribution in [0.2, 0.25) is 0 Å². The van der Waals surface area contributed by atoms with Gasteiger partial charge in [0.2, 0.25) is 0 Å². The van der Waals surface area contributed by atoms with Crippen molar-refractivity contribution in [1.82, 2.24) is 0 Å². The topological polar surface area (TPSA) is 12.4 Å². The van der Waals surface area contributed by atoms with Crippen LogP contribution in [0.1, 0.15) is 13.8 Å². The summed E-state index contributed by atoms with van der Waals surface area (Å²) in [5.74, 6) is 0. The highest BCUT2D eigenvalue weighted by molar-refractivity contribution is 6.33. The minimum absolute atomic E-state index is 0.289. The molecular formula is C7H10BN2+. The Bertz CT molecular complexity index is 242. The molecule has 2 rings (SSSR count). The first-order valence-corrected chi connectivity index (χ1v) is 3.48. The lowest BCUT2D eigenvalue weighted by molar-refractivity contribution is -0.777. The molecule has 1 spiro atoms. The molecule has 1 atom stereocenters. The first-order valence-electron chi connectivity index (χ1n) is 3.48. The maximum Gasteiger partial charge on any atom is 0.174 e. The lowest BCUT2D eigenvalue weighted by Gasteiger charge is -2.05. The van der Waals surface area contributed by atoms with E-state index in [0.29, 0.717) is 0 Å². The second kappa shape index (κ2) is 1.37. The van der Waals surface area contributed by atoms with Crippen molar-refractivity contribution < 1.29 is 4.59 Å². The van der Waals surface area contributed by atoms with Crippen LogP contribution in [-0.2, 0) is 0 Å². The summed E-state index contributed by atoms with van der Waals surface area (Å²) in [4.78, 5) is 0. The predicted octanol–water partition coefficient (Wildman–Crippen LogP) is 0.605. The third-order valence-electron chi connectivity index (χ3n) is 2.35. The fraction of sp³-hybridized carbons (Fsp3) is 0.571.